The lowest BCUT2D eigenvalue weighted by Crippen LogP contribution is -2.62. The molecule has 0 spiro atoms. The lowest BCUT2D eigenvalue weighted by molar-refractivity contribution is -0.175. The number of aliphatic hydroxyl groups excluding tert-OH is 1. The van der Waals surface area contributed by atoms with E-state index < -0.39 is 24.2 Å². The van der Waals surface area contributed by atoms with Crippen LogP contribution in [-0.2, 0) is 16.2 Å². The van der Waals surface area contributed by atoms with Crippen molar-refractivity contribution in [1.82, 2.24) is 20.6 Å². The van der Waals surface area contributed by atoms with Crippen LogP contribution in [0.1, 0.15) is 56.5 Å². The number of likely N-dealkylation sites (N-methyl/N-ethyl adjacent to an activating group) is 1. The lowest BCUT2D eigenvalue weighted by atomic mass is 9.45. The SMILES string of the molecule is COc1c(CN2O[C@@H](CN)[C@@H]([C@H](C)O)[C@H]2C(=O)N[C@H]2C[C@H]3C[C@@H]([C@@H]2C)C3(C)C)cccc1-c1cc(C(=O)NCCN(C)C)cc(N(C)C)c1. The van der Waals surface area contributed by atoms with Crippen molar-refractivity contribution in [3.8, 4) is 16.9 Å². The number of nitrogens with zero attached hydrogens (tertiary/aromatic N) is 3. The van der Waals surface area contributed by atoms with E-state index in [2.05, 4.69) is 31.4 Å². The molecule has 49 heavy (non-hydrogen) atoms. The second kappa shape index (κ2) is 14.9. The van der Waals surface area contributed by atoms with Crippen LogP contribution >= 0.6 is 0 Å². The van der Waals surface area contributed by atoms with Gasteiger partial charge in [0.05, 0.1) is 25.9 Å². The van der Waals surface area contributed by atoms with Gasteiger partial charge in [0, 0.05) is 68.1 Å². The third kappa shape index (κ3) is 7.46. The van der Waals surface area contributed by atoms with Crippen molar-refractivity contribution in [2.45, 2.75) is 71.4 Å². The van der Waals surface area contributed by atoms with Crippen LogP contribution in [-0.4, -0.2) is 106 Å². The fourth-order valence-corrected chi connectivity index (χ4v) is 8.53. The third-order valence-electron chi connectivity index (χ3n) is 11.6. The van der Waals surface area contributed by atoms with E-state index in [9.17, 15) is 14.7 Å². The van der Waals surface area contributed by atoms with Crippen LogP contribution in [0.5, 0.6) is 5.75 Å². The van der Waals surface area contributed by atoms with E-state index in [4.69, 9.17) is 15.3 Å². The predicted octanol–water partition coefficient (Wildman–Crippen LogP) is 3.35. The Morgan fingerprint density at radius 2 is 1.90 bits per heavy atom. The topological polar surface area (TPSA) is 133 Å². The standard InChI is InChI=1S/C38H58N6O5/c1-22-30-18-27(38(30,3)4)19-31(22)41-37(47)34-33(23(2)45)32(20-39)49-44(34)21-24-11-10-12-29(35(24)48-9)25-15-26(17-28(16-25)43(7)8)36(46)40-13-14-42(5)6/h10-12,15-17,22-23,27,30-34,45H,13-14,18-21,39H2,1-9H3,(H,40,46)(H,41,47)/t22-,23-,27+,30-,31-,32-,33+,34-/m0/s1. The molecule has 4 fully saturated rings. The molecule has 1 aliphatic heterocycles. The van der Waals surface area contributed by atoms with Crippen LogP contribution in [0.4, 0.5) is 5.69 Å². The Kier molecular flexibility index (Phi) is 11.3. The Hall–Kier alpha value is -3.22. The molecule has 0 unspecified atom stereocenters. The van der Waals surface area contributed by atoms with Crippen LogP contribution in [0.25, 0.3) is 11.1 Å². The fraction of sp³-hybridized carbons (Fsp3) is 0.632. The number of fused-ring (bicyclic) bond motifs is 2. The summed E-state index contributed by atoms with van der Waals surface area (Å²) >= 11 is 0. The van der Waals surface area contributed by atoms with Crippen LogP contribution in [0.15, 0.2) is 36.4 Å². The highest BCUT2D eigenvalue weighted by atomic mass is 16.7. The zero-order valence-corrected chi connectivity index (χ0v) is 30.8. The molecule has 11 nitrogen and oxygen atoms in total. The quantitative estimate of drug-likeness (QED) is 0.252. The zero-order valence-electron chi connectivity index (χ0n) is 30.8. The van der Waals surface area contributed by atoms with Gasteiger partial charge in [0.2, 0.25) is 5.91 Å². The Morgan fingerprint density at radius 1 is 1.16 bits per heavy atom. The van der Waals surface area contributed by atoms with Crippen molar-refractivity contribution in [2.24, 2.45) is 34.8 Å². The van der Waals surface area contributed by atoms with Crippen molar-refractivity contribution in [3.05, 3.63) is 47.5 Å². The molecule has 2 aromatic rings. The molecule has 0 aromatic heterocycles. The van der Waals surface area contributed by atoms with E-state index in [0.29, 0.717) is 41.0 Å². The highest BCUT2D eigenvalue weighted by Gasteiger charge is 2.57. The number of para-hydroxylation sites is 1. The molecule has 3 aliphatic carbocycles. The minimum atomic E-state index is -0.810. The van der Waals surface area contributed by atoms with Crippen molar-refractivity contribution < 1.29 is 24.3 Å². The van der Waals surface area contributed by atoms with E-state index in [1.807, 2.05) is 74.4 Å². The number of carbonyl (C=O) groups is 2. The summed E-state index contributed by atoms with van der Waals surface area (Å²) in [6.45, 7) is 10.3. The number of carbonyl (C=O) groups excluding carboxylic acids is 2. The summed E-state index contributed by atoms with van der Waals surface area (Å²) in [7, 11) is 9.46. The first-order valence-corrected chi connectivity index (χ1v) is 17.7. The van der Waals surface area contributed by atoms with Crippen LogP contribution in [0.3, 0.4) is 0 Å². The lowest BCUT2D eigenvalue weighted by Gasteiger charge is -2.62. The number of rotatable bonds is 13. The van der Waals surface area contributed by atoms with E-state index in [-0.39, 0.29) is 30.9 Å². The number of nitrogens with two attached hydrogens (primary N) is 1. The number of anilines is 1. The summed E-state index contributed by atoms with van der Waals surface area (Å²) < 4.78 is 6.05. The predicted molar refractivity (Wildman–Crippen MR) is 193 cm³/mol. The van der Waals surface area contributed by atoms with Gasteiger partial charge >= 0.3 is 0 Å². The highest BCUT2D eigenvalue weighted by molar-refractivity contribution is 5.97. The number of aliphatic hydroxyl groups is 1. The van der Waals surface area contributed by atoms with Crippen molar-refractivity contribution >= 4 is 17.5 Å². The van der Waals surface area contributed by atoms with Gasteiger partial charge in [0.1, 0.15) is 11.8 Å². The molecule has 1 heterocycles. The van der Waals surface area contributed by atoms with Gasteiger partial charge in [-0.05, 0) is 80.8 Å². The average Bonchev–Trinajstić information content (AvgIpc) is 3.43. The van der Waals surface area contributed by atoms with Gasteiger partial charge in [-0.1, -0.05) is 39.0 Å². The molecule has 6 rings (SSSR count). The molecular weight excluding hydrogens is 620 g/mol. The number of hydroxylamine groups is 2. The Morgan fingerprint density at radius 3 is 2.49 bits per heavy atom. The second-order valence-electron chi connectivity index (χ2n) is 15.5. The monoisotopic (exact) mass is 678 g/mol. The number of benzene rings is 2. The smallest absolute Gasteiger partial charge is 0.251 e. The van der Waals surface area contributed by atoms with Gasteiger partial charge in [-0.3, -0.25) is 14.4 Å². The Bertz CT molecular complexity index is 1490. The van der Waals surface area contributed by atoms with Gasteiger partial charge < -0.3 is 36.0 Å². The van der Waals surface area contributed by atoms with E-state index >= 15 is 0 Å². The van der Waals surface area contributed by atoms with Crippen LogP contribution in [0.2, 0.25) is 0 Å². The first-order valence-electron chi connectivity index (χ1n) is 17.7. The average molecular weight is 679 g/mol. The molecule has 5 N–H and O–H groups in total. The van der Waals surface area contributed by atoms with Gasteiger partial charge in [-0.25, -0.2) is 0 Å². The number of hydrogen-bond donors (Lipinski definition) is 4. The summed E-state index contributed by atoms with van der Waals surface area (Å²) in [5.41, 5.74) is 10.3. The minimum absolute atomic E-state index is 0.0776. The van der Waals surface area contributed by atoms with Crippen LogP contribution in [0, 0.1) is 29.1 Å². The maximum Gasteiger partial charge on any atom is 0.251 e. The number of methoxy groups -OCH3 is 1. The molecular formula is C38H58N6O5. The second-order valence-corrected chi connectivity index (χ2v) is 15.5. The van der Waals surface area contributed by atoms with Crippen molar-refractivity contribution in [2.75, 3.05) is 59.8 Å². The first-order chi connectivity index (χ1) is 23.2. The van der Waals surface area contributed by atoms with Gasteiger partial charge in [0.25, 0.3) is 5.91 Å². The Balaban J connectivity index is 1.44. The fourth-order valence-electron chi connectivity index (χ4n) is 8.53. The number of ether oxygens (including phenoxy) is 1. The molecule has 3 saturated carbocycles. The summed E-state index contributed by atoms with van der Waals surface area (Å²) in [5, 5.41) is 19.0. The minimum Gasteiger partial charge on any atom is -0.496 e. The molecule has 2 amide bonds. The van der Waals surface area contributed by atoms with Gasteiger partial charge in [0.15, 0.2) is 0 Å². The molecule has 11 heteroatoms. The van der Waals surface area contributed by atoms with E-state index in [1.165, 1.54) is 6.42 Å². The molecule has 0 radical (unpaired) electrons. The summed E-state index contributed by atoms with van der Waals surface area (Å²) in [4.78, 5) is 37.8. The first kappa shape index (κ1) is 37.0. The van der Waals surface area contributed by atoms with Crippen molar-refractivity contribution in [1.29, 1.82) is 0 Å². The molecule has 4 aliphatic rings. The number of hydrogen-bond acceptors (Lipinski definition) is 9. The number of nitrogens with one attached hydrogen (secondary N) is 2. The maximum absolute atomic E-state index is 14.2. The molecule has 2 bridgehead atoms. The van der Waals surface area contributed by atoms with E-state index in [0.717, 1.165) is 35.3 Å². The van der Waals surface area contributed by atoms with Crippen LogP contribution < -0.4 is 26.0 Å². The molecule has 2 aromatic carbocycles. The maximum atomic E-state index is 14.2. The molecule has 1 saturated heterocycles. The zero-order chi connectivity index (χ0) is 35.8. The summed E-state index contributed by atoms with van der Waals surface area (Å²) in [6, 6.07) is 11.0. The number of amides is 2. The van der Waals surface area contributed by atoms with Gasteiger partial charge in [-0.2, -0.15) is 5.06 Å². The largest absolute Gasteiger partial charge is 0.496 e. The third-order valence-corrected chi connectivity index (χ3v) is 11.6. The van der Waals surface area contributed by atoms with E-state index in [1.54, 1.807) is 19.1 Å². The molecule has 270 valence electrons. The summed E-state index contributed by atoms with van der Waals surface area (Å²) in [5.74, 6) is 1.37. The summed E-state index contributed by atoms with van der Waals surface area (Å²) in [6.07, 6.45) is 0.850. The molecule has 8 atom stereocenters. The normalized spacial score (nSPS) is 28.1. The van der Waals surface area contributed by atoms with Gasteiger partial charge in [-0.15, -0.1) is 0 Å². The highest BCUT2D eigenvalue weighted by Crippen LogP contribution is 2.61. The van der Waals surface area contributed by atoms with Crippen molar-refractivity contribution in [3.63, 3.8) is 0 Å². The Labute approximate surface area is 292 Å².